The van der Waals surface area contributed by atoms with Gasteiger partial charge < -0.3 is 16.0 Å². The normalized spacial score (nSPS) is 17.0. The summed E-state index contributed by atoms with van der Waals surface area (Å²) in [5, 5.41) is 3.18. The molecule has 2 rings (SSSR count). The van der Waals surface area contributed by atoms with Gasteiger partial charge in [0.1, 0.15) is 5.82 Å². The van der Waals surface area contributed by atoms with Crippen LogP contribution >= 0.6 is 0 Å². The summed E-state index contributed by atoms with van der Waals surface area (Å²) >= 11 is 0. The number of anilines is 1. The van der Waals surface area contributed by atoms with Crippen LogP contribution in [0.5, 0.6) is 0 Å². The van der Waals surface area contributed by atoms with Crippen molar-refractivity contribution in [3.63, 3.8) is 0 Å². The number of benzene rings is 1. The number of guanidine groups is 1. The van der Waals surface area contributed by atoms with Crippen LogP contribution in [0.4, 0.5) is 10.1 Å². The number of likely N-dealkylation sites (tertiary alicyclic amines) is 1. The second-order valence-corrected chi connectivity index (χ2v) is 5.70. The Hall–Kier alpha value is -1.78. The summed E-state index contributed by atoms with van der Waals surface area (Å²) in [7, 11) is 0. The number of nitrogens with zero attached hydrogens (tertiary/aromatic N) is 2. The van der Waals surface area contributed by atoms with Gasteiger partial charge in [-0.15, -0.1) is 0 Å². The van der Waals surface area contributed by atoms with E-state index in [1.54, 1.807) is 6.07 Å². The number of piperidine rings is 1. The van der Waals surface area contributed by atoms with Gasteiger partial charge in [-0.2, -0.15) is 0 Å². The number of aliphatic imine (C=N–C) groups is 1. The largest absolute Gasteiger partial charge is 0.385 e. The molecule has 1 heterocycles. The Morgan fingerprint density at radius 2 is 2.19 bits per heavy atom. The van der Waals surface area contributed by atoms with Gasteiger partial charge in [-0.05, 0) is 43.4 Å². The molecular formula is C16H25FN4. The second kappa shape index (κ2) is 7.86. The van der Waals surface area contributed by atoms with Gasteiger partial charge in [0.15, 0.2) is 5.96 Å². The predicted molar refractivity (Wildman–Crippen MR) is 86.0 cm³/mol. The van der Waals surface area contributed by atoms with Crippen molar-refractivity contribution in [1.29, 1.82) is 0 Å². The molecule has 0 bridgehead atoms. The van der Waals surface area contributed by atoms with E-state index in [4.69, 9.17) is 5.73 Å². The van der Waals surface area contributed by atoms with E-state index in [9.17, 15) is 4.39 Å². The van der Waals surface area contributed by atoms with E-state index in [2.05, 4.69) is 22.1 Å². The Morgan fingerprint density at radius 1 is 1.43 bits per heavy atom. The third-order valence-electron chi connectivity index (χ3n) is 3.87. The lowest BCUT2D eigenvalue weighted by molar-refractivity contribution is 0.277. The summed E-state index contributed by atoms with van der Waals surface area (Å²) in [6.45, 7) is 5.76. The van der Waals surface area contributed by atoms with Crippen molar-refractivity contribution < 1.29 is 4.39 Å². The molecule has 21 heavy (non-hydrogen) atoms. The summed E-state index contributed by atoms with van der Waals surface area (Å²) < 4.78 is 13.0. The lowest BCUT2D eigenvalue weighted by atomic mass is 10.00. The Bertz CT molecular complexity index is 467. The van der Waals surface area contributed by atoms with E-state index in [1.165, 1.54) is 25.0 Å². The highest BCUT2D eigenvalue weighted by Gasteiger charge is 2.16. The number of nitrogens with one attached hydrogen (secondary N) is 1. The first-order valence-electron chi connectivity index (χ1n) is 7.69. The van der Waals surface area contributed by atoms with Crippen molar-refractivity contribution in [2.24, 2.45) is 16.6 Å². The molecule has 0 saturated carbocycles. The fourth-order valence-electron chi connectivity index (χ4n) is 2.44. The number of hydrogen-bond donors (Lipinski definition) is 2. The first-order valence-corrected chi connectivity index (χ1v) is 7.69. The summed E-state index contributed by atoms with van der Waals surface area (Å²) in [5.74, 6) is 1.23. The molecular weight excluding hydrogens is 267 g/mol. The van der Waals surface area contributed by atoms with Gasteiger partial charge in [0.05, 0.1) is 0 Å². The summed E-state index contributed by atoms with van der Waals surface area (Å²) in [5.41, 5.74) is 6.82. The minimum absolute atomic E-state index is 0.221. The van der Waals surface area contributed by atoms with Crippen molar-refractivity contribution >= 4 is 11.6 Å². The Balaban J connectivity index is 1.65. The van der Waals surface area contributed by atoms with Gasteiger partial charge in [0.2, 0.25) is 0 Å². The van der Waals surface area contributed by atoms with Crippen LogP contribution in [0.15, 0.2) is 29.3 Å². The molecule has 1 aromatic rings. The quantitative estimate of drug-likeness (QED) is 0.498. The van der Waals surface area contributed by atoms with Crippen LogP contribution in [0.1, 0.15) is 26.2 Å². The average molecular weight is 292 g/mol. The van der Waals surface area contributed by atoms with E-state index < -0.39 is 0 Å². The first kappa shape index (κ1) is 15.6. The number of rotatable bonds is 5. The molecule has 1 aromatic carbocycles. The average Bonchev–Trinajstić information content (AvgIpc) is 2.47. The van der Waals surface area contributed by atoms with Gasteiger partial charge >= 0.3 is 0 Å². The zero-order chi connectivity index (χ0) is 15.1. The molecule has 5 heteroatoms. The summed E-state index contributed by atoms with van der Waals surface area (Å²) in [4.78, 5) is 6.59. The fraction of sp³-hybridized carbons (Fsp3) is 0.562. The zero-order valence-electron chi connectivity index (χ0n) is 12.7. The standard InChI is InChI=1S/C16H25FN4/c1-13-6-10-21(11-7-13)16(18)20-9-3-8-19-15-5-2-4-14(17)12-15/h2,4-5,12-13,19H,3,6-11H2,1H3,(H2,18,20). The third-order valence-corrected chi connectivity index (χ3v) is 3.87. The summed E-state index contributed by atoms with van der Waals surface area (Å²) in [6, 6.07) is 6.49. The van der Waals surface area contributed by atoms with Crippen molar-refractivity contribution in [1.82, 2.24) is 4.90 Å². The van der Waals surface area contributed by atoms with Gasteiger partial charge in [0, 0.05) is 31.9 Å². The zero-order valence-corrected chi connectivity index (χ0v) is 12.7. The molecule has 0 spiro atoms. The van der Waals surface area contributed by atoms with Gasteiger partial charge in [-0.25, -0.2) is 4.39 Å². The van der Waals surface area contributed by atoms with Gasteiger partial charge in [-0.3, -0.25) is 4.99 Å². The molecule has 0 unspecified atom stereocenters. The Morgan fingerprint density at radius 3 is 2.90 bits per heavy atom. The molecule has 3 N–H and O–H groups in total. The van der Waals surface area contributed by atoms with Gasteiger partial charge in [-0.1, -0.05) is 13.0 Å². The topological polar surface area (TPSA) is 53.6 Å². The minimum atomic E-state index is -0.221. The third kappa shape index (κ3) is 5.25. The van der Waals surface area contributed by atoms with Gasteiger partial charge in [0.25, 0.3) is 0 Å². The molecule has 1 fully saturated rings. The maximum absolute atomic E-state index is 13.0. The molecule has 0 amide bonds. The Kier molecular flexibility index (Phi) is 5.84. The van der Waals surface area contributed by atoms with E-state index >= 15 is 0 Å². The Labute approximate surface area is 126 Å². The monoisotopic (exact) mass is 292 g/mol. The lowest BCUT2D eigenvalue weighted by Crippen LogP contribution is -2.42. The van der Waals surface area contributed by atoms with Crippen molar-refractivity contribution in [3.05, 3.63) is 30.1 Å². The molecule has 1 aliphatic heterocycles. The highest BCUT2D eigenvalue weighted by molar-refractivity contribution is 5.78. The number of nitrogens with two attached hydrogens (primary N) is 1. The molecule has 1 aliphatic rings. The highest BCUT2D eigenvalue weighted by Crippen LogP contribution is 2.15. The van der Waals surface area contributed by atoms with Crippen LogP contribution in [-0.2, 0) is 0 Å². The molecule has 0 aliphatic carbocycles. The molecule has 4 nitrogen and oxygen atoms in total. The molecule has 116 valence electrons. The van der Waals surface area contributed by atoms with E-state index in [0.29, 0.717) is 12.5 Å². The molecule has 0 atom stereocenters. The number of halogens is 1. The second-order valence-electron chi connectivity index (χ2n) is 5.70. The van der Waals surface area contributed by atoms with Crippen LogP contribution in [0.3, 0.4) is 0 Å². The smallest absolute Gasteiger partial charge is 0.191 e. The molecule has 0 aromatic heterocycles. The maximum atomic E-state index is 13.0. The van der Waals surface area contributed by atoms with Crippen LogP contribution < -0.4 is 11.1 Å². The predicted octanol–water partition coefficient (Wildman–Crippen LogP) is 2.67. The number of hydrogen-bond acceptors (Lipinski definition) is 2. The van der Waals surface area contributed by atoms with Crippen molar-refractivity contribution in [3.8, 4) is 0 Å². The van der Waals surface area contributed by atoms with Crippen molar-refractivity contribution in [2.75, 3.05) is 31.5 Å². The summed E-state index contributed by atoms with van der Waals surface area (Å²) in [6.07, 6.45) is 3.26. The van der Waals surface area contributed by atoms with Crippen LogP contribution in [-0.4, -0.2) is 37.0 Å². The fourth-order valence-corrected chi connectivity index (χ4v) is 2.44. The first-order chi connectivity index (χ1) is 10.1. The minimum Gasteiger partial charge on any atom is -0.385 e. The van der Waals surface area contributed by atoms with Crippen LogP contribution in [0.2, 0.25) is 0 Å². The lowest BCUT2D eigenvalue weighted by Gasteiger charge is -2.31. The SMILES string of the molecule is CC1CCN(C(N)=NCCCNc2cccc(F)c2)CC1. The van der Waals surface area contributed by atoms with Crippen LogP contribution in [0.25, 0.3) is 0 Å². The van der Waals surface area contributed by atoms with E-state index in [-0.39, 0.29) is 5.82 Å². The van der Waals surface area contributed by atoms with Crippen LogP contribution in [0, 0.1) is 11.7 Å². The molecule has 0 radical (unpaired) electrons. The van der Waals surface area contributed by atoms with E-state index in [1.807, 2.05) is 6.07 Å². The highest BCUT2D eigenvalue weighted by atomic mass is 19.1. The van der Waals surface area contributed by atoms with Crippen molar-refractivity contribution in [2.45, 2.75) is 26.2 Å². The molecule has 1 saturated heterocycles. The maximum Gasteiger partial charge on any atom is 0.191 e. The van der Waals surface area contributed by atoms with E-state index in [0.717, 1.165) is 37.7 Å².